The maximum absolute atomic E-state index is 13.5. The summed E-state index contributed by atoms with van der Waals surface area (Å²) >= 11 is 1.33. The van der Waals surface area contributed by atoms with Gasteiger partial charge in [-0.25, -0.2) is 0 Å². The Morgan fingerprint density at radius 1 is 0.980 bits per heavy atom. The first-order valence-corrected chi connectivity index (χ1v) is 15.9. The monoisotopic (exact) mass is 707 g/mol. The molecule has 0 saturated heterocycles. The summed E-state index contributed by atoms with van der Waals surface area (Å²) in [6.45, 7) is 1.65. The van der Waals surface area contributed by atoms with Crippen LogP contribution in [0.5, 0.6) is 5.75 Å². The highest BCUT2D eigenvalue weighted by atomic mass is 32.2. The molecular weight excluding hydrogens is 675 g/mol. The predicted octanol–water partition coefficient (Wildman–Crippen LogP) is 6.33. The number of halogens is 3. The standard InChI is InChI=1S/C35H32F3N5O6S/c1-21-3-15-28(16-4-21)50-42-34-40-32(41-49-34)23-7-5-22(6-8-23)19-43(20-31(45)46)33(47)24-9-12-26(13-10-24)39-30(44)17-25-11-14-27(48-2)18-29(25)35(36,37)38/h3-16,18,31,45-46H,17,19-20H2,1-2H3,(H,39,44)(H,40,41,42). The molecule has 2 amide bonds. The van der Waals surface area contributed by atoms with Gasteiger partial charge in [-0.15, -0.1) is 0 Å². The zero-order valence-corrected chi connectivity index (χ0v) is 27.6. The van der Waals surface area contributed by atoms with Gasteiger partial charge in [0.1, 0.15) is 5.75 Å². The number of carbonyl (C=O) groups is 2. The molecule has 0 saturated carbocycles. The van der Waals surface area contributed by atoms with Crippen molar-refractivity contribution in [2.45, 2.75) is 37.3 Å². The molecule has 0 aliphatic rings. The normalized spacial score (nSPS) is 11.4. The number of benzene rings is 4. The van der Waals surface area contributed by atoms with E-state index in [9.17, 15) is 33.0 Å². The maximum Gasteiger partial charge on any atom is 0.416 e. The van der Waals surface area contributed by atoms with Gasteiger partial charge in [-0.2, -0.15) is 18.2 Å². The molecule has 11 nitrogen and oxygen atoms in total. The van der Waals surface area contributed by atoms with Gasteiger partial charge in [-0.1, -0.05) is 53.2 Å². The molecule has 5 rings (SSSR count). The van der Waals surface area contributed by atoms with Gasteiger partial charge < -0.3 is 29.7 Å². The second-order valence-electron chi connectivity index (χ2n) is 11.1. The van der Waals surface area contributed by atoms with Crippen molar-refractivity contribution in [1.29, 1.82) is 0 Å². The summed E-state index contributed by atoms with van der Waals surface area (Å²) in [6.07, 6.45) is -7.03. The largest absolute Gasteiger partial charge is 0.497 e. The lowest BCUT2D eigenvalue weighted by Gasteiger charge is -2.24. The van der Waals surface area contributed by atoms with Crippen LogP contribution in [0.1, 0.15) is 32.6 Å². The Morgan fingerprint density at radius 2 is 1.68 bits per heavy atom. The van der Waals surface area contributed by atoms with E-state index in [-0.39, 0.29) is 41.7 Å². The minimum Gasteiger partial charge on any atom is -0.497 e. The number of methoxy groups -OCH3 is 1. The van der Waals surface area contributed by atoms with Gasteiger partial charge in [0.05, 0.1) is 25.6 Å². The number of aryl methyl sites for hydroxylation is 1. The molecule has 0 aliphatic heterocycles. The van der Waals surface area contributed by atoms with Gasteiger partial charge in [0.15, 0.2) is 6.29 Å². The van der Waals surface area contributed by atoms with E-state index in [0.29, 0.717) is 17.0 Å². The third-order valence-electron chi connectivity index (χ3n) is 7.35. The Kier molecular flexibility index (Phi) is 11.4. The minimum absolute atomic E-state index is 0.0151. The summed E-state index contributed by atoms with van der Waals surface area (Å²) in [4.78, 5) is 32.6. The molecule has 1 heterocycles. The van der Waals surface area contributed by atoms with Gasteiger partial charge in [0.2, 0.25) is 11.7 Å². The van der Waals surface area contributed by atoms with E-state index in [1.54, 1.807) is 24.3 Å². The number of amides is 2. The molecule has 50 heavy (non-hydrogen) atoms. The lowest BCUT2D eigenvalue weighted by atomic mass is 10.0. The van der Waals surface area contributed by atoms with Crippen LogP contribution < -0.4 is 14.8 Å². The second kappa shape index (κ2) is 15.9. The molecule has 0 aliphatic carbocycles. The number of alkyl halides is 3. The summed E-state index contributed by atoms with van der Waals surface area (Å²) in [7, 11) is 1.25. The molecular formula is C35H32F3N5O6S. The molecule has 0 unspecified atom stereocenters. The molecule has 4 N–H and O–H groups in total. The summed E-state index contributed by atoms with van der Waals surface area (Å²) in [5, 5.41) is 25.9. The lowest BCUT2D eigenvalue weighted by molar-refractivity contribution is -0.138. The highest BCUT2D eigenvalue weighted by molar-refractivity contribution is 8.00. The molecule has 0 spiro atoms. The number of carbonyl (C=O) groups excluding carboxylic acids is 2. The van der Waals surface area contributed by atoms with Crippen molar-refractivity contribution in [2.24, 2.45) is 0 Å². The van der Waals surface area contributed by atoms with Gasteiger partial charge in [0.25, 0.3) is 5.91 Å². The number of anilines is 2. The Balaban J connectivity index is 1.20. The van der Waals surface area contributed by atoms with E-state index in [1.807, 2.05) is 31.2 Å². The number of aliphatic hydroxyl groups excluding tert-OH is 1. The van der Waals surface area contributed by atoms with Crippen molar-refractivity contribution in [3.05, 3.63) is 119 Å². The van der Waals surface area contributed by atoms with Gasteiger partial charge in [-0.3, -0.25) is 14.3 Å². The number of rotatable bonds is 13. The van der Waals surface area contributed by atoms with Gasteiger partial charge in [0, 0.05) is 28.3 Å². The van der Waals surface area contributed by atoms with Crippen molar-refractivity contribution in [3.8, 4) is 17.1 Å². The third kappa shape index (κ3) is 9.62. The van der Waals surface area contributed by atoms with Crippen LogP contribution in [0.4, 0.5) is 24.9 Å². The molecule has 1 aromatic heterocycles. The number of nitrogens with zero attached hydrogens (tertiary/aromatic N) is 3. The van der Waals surface area contributed by atoms with Crippen LogP contribution in [0.3, 0.4) is 0 Å². The fourth-order valence-electron chi connectivity index (χ4n) is 4.84. The molecule has 0 radical (unpaired) electrons. The highest BCUT2D eigenvalue weighted by Gasteiger charge is 2.34. The van der Waals surface area contributed by atoms with E-state index in [0.717, 1.165) is 16.5 Å². The third-order valence-corrected chi connectivity index (χ3v) is 8.13. The van der Waals surface area contributed by atoms with E-state index in [4.69, 9.17) is 9.26 Å². The number of aliphatic hydroxyl groups is 2. The van der Waals surface area contributed by atoms with Gasteiger partial charge in [-0.05, 0) is 78.5 Å². The summed E-state index contributed by atoms with van der Waals surface area (Å²) < 4.78 is 53.8. The number of ether oxygens (including phenoxy) is 1. The fraction of sp³-hybridized carbons (Fsp3) is 0.200. The summed E-state index contributed by atoms with van der Waals surface area (Å²) in [5.41, 5.74) is 1.73. The molecule has 0 fully saturated rings. The van der Waals surface area contributed by atoms with Crippen molar-refractivity contribution in [2.75, 3.05) is 23.7 Å². The first kappa shape index (κ1) is 35.9. The van der Waals surface area contributed by atoms with Crippen LogP contribution in [0, 0.1) is 6.92 Å². The van der Waals surface area contributed by atoms with E-state index in [1.165, 1.54) is 60.4 Å². The predicted molar refractivity (Wildman–Crippen MR) is 180 cm³/mol. The first-order valence-electron chi connectivity index (χ1n) is 15.1. The first-order chi connectivity index (χ1) is 23.9. The average Bonchev–Trinajstić information content (AvgIpc) is 3.57. The van der Waals surface area contributed by atoms with Crippen molar-refractivity contribution < 1.29 is 42.2 Å². The SMILES string of the molecule is COc1ccc(CC(=O)Nc2ccc(C(=O)N(Cc3ccc(-c4noc(NSc5ccc(C)cc5)n4)cc3)CC(O)O)cc2)c(C(F)(F)F)c1. The topological polar surface area (TPSA) is 150 Å². The number of hydrogen-bond donors (Lipinski definition) is 4. The van der Waals surface area contributed by atoms with Crippen LogP contribution in [0.2, 0.25) is 0 Å². The molecule has 0 atom stereocenters. The summed E-state index contributed by atoms with van der Waals surface area (Å²) in [6, 6.07) is 24.2. The Hall–Kier alpha value is -5.38. The fourth-order valence-corrected chi connectivity index (χ4v) is 5.40. The van der Waals surface area contributed by atoms with E-state index in [2.05, 4.69) is 20.2 Å². The lowest BCUT2D eigenvalue weighted by Crippen LogP contribution is -2.37. The number of nitrogens with one attached hydrogen (secondary N) is 2. The summed E-state index contributed by atoms with van der Waals surface area (Å²) in [5.74, 6) is -0.851. The van der Waals surface area contributed by atoms with E-state index >= 15 is 0 Å². The van der Waals surface area contributed by atoms with Crippen LogP contribution in [-0.4, -0.2) is 57.0 Å². The Labute approximate surface area is 289 Å². The average molecular weight is 708 g/mol. The molecule has 15 heteroatoms. The van der Waals surface area contributed by atoms with Gasteiger partial charge >= 0.3 is 12.2 Å². The van der Waals surface area contributed by atoms with Crippen molar-refractivity contribution in [1.82, 2.24) is 15.0 Å². The van der Waals surface area contributed by atoms with Crippen molar-refractivity contribution >= 4 is 35.5 Å². The Bertz CT molecular complexity index is 1920. The highest BCUT2D eigenvalue weighted by Crippen LogP contribution is 2.35. The van der Waals surface area contributed by atoms with Crippen LogP contribution in [-0.2, 0) is 23.9 Å². The van der Waals surface area contributed by atoms with E-state index < -0.39 is 36.3 Å². The maximum atomic E-state index is 13.5. The molecule has 260 valence electrons. The number of aromatic nitrogens is 2. The van der Waals surface area contributed by atoms with Crippen LogP contribution >= 0.6 is 11.9 Å². The zero-order chi connectivity index (χ0) is 35.8. The van der Waals surface area contributed by atoms with Crippen LogP contribution in [0.15, 0.2) is 100 Å². The van der Waals surface area contributed by atoms with Crippen LogP contribution in [0.25, 0.3) is 11.4 Å². The quantitative estimate of drug-likeness (QED) is 0.0808. The Morgan fingerprint density at radius 3 is 2.32 bits per heavy atom. The molecule has 0 bridgehead atoms. The number of hydrogen-bond acceptors (Lipinski definition) is 10. The molecule has 4 aromatic carbocycles. The second-order valence-corrected chi connectivity index (χ2v) is 12.0. The zero-order valence-electron chi connectivity index (χ0n) is 26.8. The minimum atomic E-state index is -4.68. The smallest absolute Gasteiger partial charge is 0.416 e. The van der Waals surface area contributed by atoms with Crippen molar-refractivity contribution in [3.63, 3.8) is 0 Å². The molecule has 5 aromatic rings.